The van der Waals surface area contributed by atoms with Crippen LogP contribution >= 0.6 is 11.3 Å². The molecule has 2 heteroatoms. The molecule has 0 saturated heterocycles. The predicted octanol–water partition coefficient (Wildman–Crippen LogP) is 3.48. The summed E-state index contributed by atoms with van der Waals surface area (Å²) in [7, 11) is -0.874. The van der Waals surface area contributed by atoms with Crippen LogP contribution in [0.1, 0.15) is 9.75 Å². The molecular formula is C9H16SSi. The minimum absolute atomic E-state index is 0.874. The summed E-state index contributed by atoms with van der Waals surface area (Å²) in [5.41, 5.74) is 0. The van der Waals surface area contributed by atoms with Crippen LogP contribution in [0, 0.1) is 6.92 Å². The molecule has 0 N–H and O–H groups in total. The van der Waals surface area contributed by atoms with Gasteiger partial charge in [-0.3, -0.25) is 0 Å². The Bertz CT molecular complexity index is 232. The van der Waals surface area contributed by atoms with Crippen molar-refractivity contribution in [3.63, 3.8) is 0 Å². The molecule has 0 radical (unpaired) electrons. The van der Waals surface area contributed by atoms with Gasteiger partial charge in [-0.2, -0.15) is 0 Å². The lowest BCUT2D eigenvalue weighted by Gasteiger charge is -2.13. The summed E-state index contributed by atoms with van der Waals surface area (Å²) < 4.78 is 0. The number of thiophene rings is 1. The molecule has 0 aliphatic heterocycles. The third-order valence-electron chi connectivity index (χ3n) is 1.50. The van der Waals surface area contributed by atoms with Crippen molar-refractivity contribution >= 4 is 19.4 Å². The molecule has 0 amide bonds. The van der Waals surface area contributed by atoms with Gasteiger partial charge in [0, 0.05) is 17.8 Å². The third-order valence-corrected chi connectivity index (χ3v) is 4.20. The highest BCUT2D eigenvalue weighted by atomic mass is 32.1. The van der Waals surface area contributed by atoms with E-state index in [9.17, 15) is 0 Å². The molecule has 1 heterocycles. The Morgan fingerprint density at radius 2 is 1.91 bits per heavy atom. The topological polar surface area (TPSA) is 0 Å². The molecule has 1 aromatic heterocycles. The zero-order chi connectivity index (χ0) is 8.48. The maximum absolute atomic E-state index is 2.42. The summed E-state index contributed by atoms with van der Waals surface area (Å²) >= 11 is 1.95. The first-order valence-electron chi connectivity index (χ1n) is 4.03. The predicted molar refractivity (Wildman–Crippen MR) is 56.1 cm³/mol. The van der Waals surface area contributed by atoms with Gasteiger partial charge in [0.05, 0.1) is 0 Å². The first-order valence-corrected chi connectivity index (χ1v) is 8.55. The van der Waals surface area contributed by atoms with Crippen molar-refractivity contribution in [3.05, 3.63) is 21.9 Å². The second-order valence-electron chi connectivity index (χ2n) is 4.25. The molecule has 1 aromatic rings. The van der Waals surface area contributed by atoms with Crippen LogP contribution in [0.2, 0.25) is 19.6 Å². The zero-order valence-electron chi connectivity index (χ0n) is 7.77. The van der Waals surface area contributed by atoms with Crippen LogP contribution in [0.4, 0.5) is 0 Å². The van der Waals surface area contributed by atoms with Crippen LogP contribution in [0.5, 0.6) is 0 Å². The lowest BCUT2D eigenvalue weighted by Crippen LogP contribution is -2.23. The Morgan fingerprint density at radius 1 is 1.27 bits per heavy atom. The highest BCUT2D eigenvalue weighted by Crippen LogP contribution is 2.19. The van der Waals surface area contributed by atoms with Gasteiger partial charge >= 0.3 is 0 Å². The second kappa shape index (κ2) is 3.11. The SMILES string of the molecule is Cc1ccc(C[Si](C)(C)C)s1. The van der Waals surface area contributed by atoms with Crippen molar-refractivity contribution in [2.45, 2.75) is 32.6 Å². The van der Waals surface area contributed by atoms with E-state index in [4.69, 9.17) is 0 Å². The Balaban J connectivity index is 2.65. The maximum atomic E-state index is 2.42. The first kappa shape index (κ1) is 9.01. The van der Waals surface area contributed by atoms with Gasteiger partial charge in [0.15, 0.2) is 0 Å². The van der Waals surface area contributed by atoms with E-state index in [1.54, 1.807) is 4.88 Å². The summed E-state index contributed by atoms with van der Waals surface area (Å²) in [5.74, 6) is 0. The Morgan fingerprint density at radius 3 is 2.27 bits per heavy atom. The van der Waals surface area contributed by atoms with E-state index in [1.807, 2.05) is 11.3 Å². The molecule has 62 valence electrons. The van der Waals surface area contributed by atoms with Gasteiger partial charge in [0.2, 0.25) is 0 Å². The molecule has 0 aliphatic carbocycles. The Kier molecular flexibility index (Phi) is 2.55. The van der Waals surface area contributed by atoms with Crippen molar-refractivity contribution in [3.8, 4) is 0 Å². The number of rotatable bonds is 2. The van der Waals surface area contributed by atoms with Crippen molar-refractivity contribution in [2.24, 2.45) is 0 Å². The first-order chi connectivity index (χ1) is 4.97. The molecule has 0 aromatic carbocycles. The summed E-state index contributed by atoms with van der Waals surface area (Å²) in [6.07, 6.45) is 0. The van der Waals surface area contributed by atoms with Gasteiger partial charge in [0.25, 0.3) is 0 Å². The zero-order valence-corrected chi connectivity index (χ0v) is 9.59. The summed E-state index contributed by atoms with van der Waals surface area (Å²) in [6.45, 7) is 9.44. The monoisotopic (exact) mass is 184 g/mol. The summed E-state index contributed by atoms with van der Waals surface area (Å²) in [4.78, 5) is 3.01. The normalized spacial score (nSPS) is 12.0. The van der Waals surface area contributed by atoms with Crippen molar-refractivity contribution < 1.29 is 0 Å². The van der Waals surface area contributed by atoms with Crippen molar-refractivity contribution in [1.29, 1.82) is 0 Å². The smallest absolute Gasteiger partial charge is 0.0497 e. The van der Waals surface area contributed by atoms with E-state index in [1.165, 1.54) is 10.9 Å². The Hall–Kier alpha value is -0.0831. The molecule has 1 rings (SSSR count). The minimum atomic E-state index is -0.874. The number of aryl methyl sites for hydroxylation is 1. The van der Waals surface area contributed by atoms with E-state index in [0.29, 0.717) is 0 Å². The quantitative estimate of drug-likeness (QED) is 0.617. The molecule has 0 aliphatic rings. The fourth-order valence-electron chi connectivity index (χ4n) is 1.10. The number of hydrogen-bond donors (Lipinski definition) is 0. The van der Waals surface area contributed by atoms with E-state index in [0.717, 1.165) is 0 Å². The molecule has 0 nitrogen and oxygen atoms in total. The molecule has 11 heavy (non-hydrogen) atoms. The van der Waals surface area contributed by atoms with Gasteiger partial charge in [-0.05, 0) is 25.1 Å². The van der Waals surface area contributed by atoms with Crippen LogP contribution in [-0.4, -0.2) is 8.07 Å². The number of hydrogen-bond acceptors (Lipinski definition) is 1. The van der Waals surface area contributed by atoms with Crippen LogP contribution in [-0.2, 0) is 6.04 Å². The van der Waals surface area contributed by atoms with Crippen LogP contribution in [0.25, 0.3) is 0 Å². The van der Waals surface area contributed by atoms with Crippen molar-refractivity contribution in [2.75, 3.05) is 0 Å². The fourth-order valence-corrected chi connectivity index (χ4v) is 4.54. The average molecular weight is 184 g/mol. The lowest BCUT2D eigenvalue weighted by molar-refractivity contribution is 1.38. The van der Waals surface area contributed by atoms with Gasteiger partial charge in [-0.15, -0.1) is 11.3 Å². The third kappa shape index (κ3) is 3.21. The van der Waals surface area contributed by atoms with Crippen LogP contribution in [0.15, 0.2) is 12.1 Å². The van der Waals surface area contributed by atoms with Gasteiger partial charge in [-0.1, -0.05) is 19.6 Å². The van der Waals surface area contributed by atoms with Gasteiger partial charge in [-0.25, -0.2) is 0 Å². The molecule has 0 bridgehead atoms. The minimum Gasteiger partial charge on any atom is -0.146 e. The van der Waals surface area contributed by atoms with E-state index in [-0.39, 0.29) is 0 Å². The lowest BCUT2D eigenvalue weighted by atomic mass is 10.5. The standard InChI is InChI=1S/C9H16SSi/c1-8-5-6-9(10-8)7-11(2,3)4/h5-6H,7H2,1-4H3. The van der Waals surface area contributed by atoms with E-state index >= 15 is 0 Å². The molecule has 0 atom stereocenters. The van der Waals surface area contributed by atoms with Crippen LogP contribution in [0.3, 0.4) is 0 Å². The molecule has 0 unspecified atom stereocenters. The Labute approximate surface area is 74.3 Å². The average Bonchev–Trinajstić information content (AvgIpc) is 2.10. The summed E-state index contributed by atoms with van der Waals surface area (Å²) in [5, 5.41) is 0. The van der Waals surface area contributed by atoms with E-state index < -0.39 is 8.07 Å². The molecular weight excluding hydrogens is 168 g/mol. The maximum Gasteiger partial charge on any atom is 0.0497 e. The van der Waals surface area contributed by atoms with Crippen molar-refractivity contribution in [1.82, 2.24) is 0 Å². The van der Waals surface area contributed by atoms with E-state index in [2.05, 4.69) is 38.7 Å². The molecule has 0 saturated carbocycles. The second-order valence-corrected chi connectivity index (χ2v) is 11.1. The largest absolute Gasteiger partial charge is 0.146 e. The molecule has 0 spiro atoms. The summed E-state index contributed by atoms with van der Waals surface area (Å²) in [6, 6.07) is 5.84. The van der Waals surface area contributed by atoms with Gasteiger partial charge < -0.3 is 0 Å². The molecule has 0 fully saturated rings. The van der Waals surface area contributed by atoms with Gasteiger partial charge in [0.1, 0.15) is 0 Å². The highest BCUT2D eigenvalue weighted by molar-refractivity contribution is 7.12. The van der Waals surface area contributed by atoms with Crippen LogP contribution < -0.4 is 0 Å². The fraction of sp³-hybridized carbons (Fsp3) is 0.556. The highest BCUT2D eigenvalue weighted by Gasteiger charge is 2.14.